The van der Waals surface area contributed by atoms with Crippen LogP contribution >= 0.6 is 0 Å². The van der Waals surface area contributed by atoms with Gasteiger partial charge in [-0.2, -0.15) is 0 Å². The topological polar surface area (TPSA) is 108 Å². The smallest absolute Gasteiger partial charge is 0.410 e. The van der Waals surface area contributed by atoms with Crippen molar-refractivity contribution in [2.75, 3.05) is 43.0 Å². The Bertz CT molecular complexity index is 1040. The van der Waals surface area contributed by atoms with Crippen molar-refractivity contribution in [3.63, 3.8) is 0 Å². The average Bonchev–Trinajstić information content (AvgIpc) is 2.78. The zero-order valence-corrected chi connectivity index (χ0v) is 20.5. The summed E-state index contributed by atoms with van der Waals surface area (Å²) in [6.07, 6.45) is -0.344. The highest BCUT2D eigenvalue weighted by Crippen LogP contribution is 2.31. The Morgan fingerprint density at radius 3 is 2.32 bits per heavy atom. The number of carbonyl (C=O) groups excluding carboxylic acids is 2. The molecule has 0 radical (unpaired) electrons. The highest BCUT2D eigenvalue weighted by atomic mass is 16.6. The Morgan fingerprint density at radius 2 is 1.76 bits per heavy atom. The molecule has 1 fully saturated rings. The van der Waals surface area contributed by atoms with Gasteiger partial charge in [0.1, 0.15) is 11.4 Å². The number of rotatable bonds is 6. The number of anilines is 3. The number of hydrogen-bond acceptors (Lipinski definition) is 8. The summed E-state index contributed by atoms with van der Waals surface area (Å²) >= 11 is 0. The van der Waals surface area contributed by atoms with Gasteiger partial charge in [0.05, 0.1) is 17.9 Å². The van der Waals surface area contributed by atoms with E-state index in [1.54, 1.807) is 24.8 Å². The molecule has 0 unspecified atom stereocenters. The fraction of sp³-hybridized carbons (Fsp3) is 0.440. The van der Waals surface area contributed by atoms with Gasteiger partial charge in [0.2, 0.25) is 0 Å². The van der Waals surface area contributed by atoms with Gasteiger partial charge in [-0.25, -0.2) is 14.6 Å². The van der Waals surface area contributed by atoms with Crippen LogP contribution in [-0.4, -0.2) is 66.0 Å². The lowest BCUT2D eigenvalue weighted by molar-refractivity contribution is 0.0240. The molecule has 1 aromatic heterocycles. The van der Waals surface area contributed by atoms with Crippen LogP contribution in [0.25, 0.3) is 0 Å². The molecule has 182 valence electrons. The number of esters is 1. The summed E-state index contributed by atoms with van der Waals surface area (Å²) in [4.78, 5) is 33.3. The van der Waals surface area contributed by atoms with Crippen LogP contribution in [0.2, 0.25) is 0 Å². The van der Waals surface area contributed by atoms with Crippen LogP contribution in [0.1, 0.15) is 50.7 Å². The number of pyridine rings is 1. The number of benzene rings is 1. The number of aromatic nitrogens is 1. The first-order valence-electron chi connectivity index (χ1n) is 11.4. The normalized spacial score (nSPS) is 13.9. The third kappa shape index (κ3) is 6.24. The Labute approximate surface area is 200 Å². The molecule has 0 spiro atoms. The van der Waals surface area contributed by atoms with E-state index in [2.05, 4.69) is 15.2 Å². The molecule has 3 rings (SSSR count). The van der Waals surface area contributed by atoms with Gasteiger partial charge in [0, 0.05) is 37.6 Å². The van der Waals surface area contributed by atoms with Crippen LogP contribution in [0.5, 0.6) is 0 Å². The Hall–Kier alpha value is -3.62. The molecule has 2 aromatic rings. The minimum absolute atomic E-state index is 0.162. The number of amides is 1. The summed E-state index contributed by atoms with van der Waals surface area (Å²) < 4.78 is 10.7. The molecule has 0 atom stereocenters. The van der Waals surface area contributed by atoms with Crippen molar-refractivity contribution in [3.8, 4) is 0 Å². The van der Waals surface area contributed by atoms with Crippen molar-refractivity contribution in [2.24, 2.45) is 0 Å². The lowest BCUT2D eigenvalue weighted by atomic mass is 10.1. The number of nitrogens with zero attached hydrogens (tertiary/aromatic N) is 3. The first-order chi connectivity index (χ1) is 16.1. The monoisotopic (exact) mass is 467 g/mol. The van der Waals surface area contributed by atoms with Crippen LogP contribution in [-0.2, 0) is 9.47 Å². The van der Waals surface area contributed by atoms with E-state index in [1.807, 2.05) is 51.1 Å². The molecule has 0 bridgehead atoms. The molecule has 0 saturated carbocycles. The minimum atomic E-state index is -0.559. The molecule has 1 amide bonds. The van der Waals surface area contributed by atoms with Crippen LogP contribution in [0.3, 0.4) is 0 Å². The van der Waals surface area contributed by atoms with E-state index in [0.717, 1.165) is 5.69 Å². The van der Waals surface area contributed by atoms with E-state index in [-0.39, 0.29) is 18.4 Å². The maximum absolute atomic E-state index is 12.6. The van der Waals surface area contributed by atoms with Crippen molar-refractivity contribution in [1.29, 1.82) is 5.41 Å². The van der Waals surface area contributed by atoms with Gasteiger partial charge in [-0.15, -0.1) is 0 Å². The lowest BCUT2D eigenvalue weighted by Gasteiger charge is -2.37. The lowest BCUT2D eigenvalue weighted by Crippen LogP contribution is -2.50. The maximum atomic E-state index is 12.6. The third-order valence-corrected chi connectivity index (χ3v) is 5.17. The summed E-state index contributed by atoms with van der Waals surface area (Å²) in [7, 11) is 0. The van der Waals surface area contributed by atoms with Gasteiger partial charge >= 0.3 is 12.1 Å². The number of piperazine rings is 1. The summed E-state index contributed by atoms with van der Waals surface area (Å²) in [6.45, 7) is 11.2. The zero-order valence-electron chi connectivity index (χ0n) is 20.5. The molecule has 1 aliphatic heterocycles. The van der Waals surface area contributed by atoms with Gasteiger partial charge in [-0.05, 0) is 52.8 Å². The molecule has 9 heteroatoms. The SMILES string of the molecule is CCOC(=O)c1cc(N2CCN(C(=O)OC(C)(C)C)CC2)c(C(C)=N)c(Nc2ccccc2)n1. The highest BCUT2D eigenvalue weighted by Gasteiger charge is 2.29. The first kappa shape index (κ1) is 25.0. The van der Waals surface area contributed by atoms with Gasteiger partial charge in [-0.3, -0.25) is 0 Å². The molecule has 2 heterocycles. The summed E-state index contributed by atoms with van der Waals surface area (Å²) in [5.41, 5.74) is 2.01. The molecule has 0 aliphatic carbocycles. The summed E-state index contributed by atoms with van der Waals surface area (Å²) in [5.74, 6) is -0.115. The van der Waals surface area contributed by atoms with Gasteiger partial charge in [0.25, 0.3) is 0 Å². The highest BCUT2D eigenvalue weighted by molar-refractivity contribution is 6.07. The van der Waals surface area contributed by atoms with Crippen LogP contribution in [0.15, 0.2) is 36.4 Å². The number of hydrogen-bond donors (Lipinski definition) is 2. The molecule has 1 aliphatic rings. The number of nitrogens with one attached hydrogen (secondary N) is 2. The predicted molar refractivity (Wildman–Crippen MR) is 132 cm³/mol. The van der Waals surface area contributed by atoms with E-state index < -0.39 is 11.6 Å². The number of carbonyl (C=O) groups is 2. The van der Waals surface area contributed by atoms with Gasteiger partial charge in [0.15, 0.2) is 5.69 Å². The second-order valence-electron chi connectivity index (χ2n) is 9.04. The first-order valence-corrected chi connectivity index (χ1v) is 11.4. The van der Waals surface area contributed by atoms with Crippen molar-refractivity contribution in [3.05, 3.63) is 47.7 Å². The fourth-order valence-corrected chi connectivity index (χ4v) is 3.67. The van der Waals surface area contributed by atoms with Crippen molar-refractivity contribution >= 4 is 35.0 Å². The second-order valence-corrected chi connectivity index (χ2v) is 9.04. The van der Waals surface area contributed by atoms with Crippen LogP contribution in [0.4, 0.5) is 22.0 Å². The van der Waals surface area contributed by atoms with E-state index in [4.69, 9.17) is 14.9 Å². The summed E-state index contributed by atoms with van der Waals surface area (Å²) in [6, 6.07) is 11.1. The number of para-hydroxylation sites is 1. The van der Waals surface area contributed by atoms with Gasteiger partial charge < -0.3 is 30.0 Å². The van der Waals surface area contributed by atoms with Crippen molar-refractivity contribution < 1.29 is 19.1 Å². The standard InChI is InChI=1S/C25H33N5O4/c1-6-33-23(31)19-16-20(29-12-14-30(15-13-29)24(32)34-25(3,4)5)21(17(2)26)22(28-19)27-18-10-8-7-9-11-18/h7-11,16,26H,6,12-15H2,1-5H3,(H,27,28). The van der Waals surface area contributed by atoms with E-state index in [0.29, 0.717) is 49.0 Å². The summed E-state index contributed by atoms with van der Waals surface area (Å²) in [5, 5.41) is 11.7. The van der Waals surface area contributed by atoms with Crippen LogP contribution < -0.4 is 10.2 Å². The third-order valence-electron chi connectivity index (χ3n) is 5.17. The Balaban J connectivity index is 1.94. The maximum Gasteiger partial charge on any atom is 0.410 e. The molecular formula is C25H33N5O4. The Morgan fingerprint density at radius 1 is 1.12 bits per heavy atom. The van der Waals surface area contributed by atoms with Gasteiger partial charge in [-0.1, -0.05) is 18.2 Å². The van der Waals surface area contributed by atoms with E-state index >= 15 is 0 Å². The predicted octanol–water partition coefficient (Wildman–Crippen LogP) is 4.45. The van der Waals surface area contributed by atoms with E-state index in [9.17, 15) is 9.59 Å². The fourth-order valence-electron chi connectivity index (χ4n) is 3.67. The van der Waals surface area contributed by atoms with Crippen molar-refractivity contribution in [1.82, 2.24) is 9.88 Å². The molecule has 1 saturated heterocycles. The molecule has 1 aromatic carbocycles. The minimum Gasteiger partial charge on any atom is -0.461 e. The quantitative estimate of drug-likeness (QED) is 0.477. The largest absolute Gasteiger partial charge is 0.461 e. The average molecular weight is 468 g/mol. The van der Waals surface area contributed by atoms with E-state index in [1.165, 1.54) is 0 Å². The molecule has 34 heavy (non-hydrogen) atoms. The van der Waals surface area contributed by atoms with Crippen molar-refractivity contribution in [2.45, 2.75) is 40.2 Å². The Kier molecular flexibility index (Phi) is 7.75. The molecule has 9 nitrogen and oxygen atoms in total. The number of ether oxygens (including phenoxy) is 2. The zero-order chi connectivity index (χ0) is 24.9. The second kappa shape index (κ2) is 10.5. The van der Waals surface area contributed by atoms with Crippen LogP contribution in [0, 0.1) is 5.41 Å². The molecule has 2 N–H and O–H groups in total. The molecular weight excluding hydrogens is 434 g/mol.